The van der Waals surface area contributed by atoms with Gasteiger partial charge in [0, 0.05) is 17.3 Å². The monoisotopic (exact) mass is 388 g/mol. The van der Waals surface area contributed by atoms with Gasteiger partial charge in [-0.25, -0.2) is 0 Å². The molecule has 0 aliphatic heterocycles. The molecule has 2 N–H and O–H groups in total. The van der Waals surface area contributed by atoms with Crippen molar-refractivity contribution in [1.82, 2.24) is 5.32 Å². The van der Waals surface area contributed by atoms with E-state index in [0.29, 0.717) is 17.3 Å². The van der Waals surface area contributed by atoms with Crippen molar-refractivity contribution >= 4 is 28.3 Å². The number of rotatable bonds is 6. The largest absolute Gasteiger partial charge is 0.497 e. The summed E-state index contributed by atoms with van der Waals surface area (Å²) in [6, 6.07) is 19.2. The third kappa shape index (κ3) is 4.40. The summed E-state index contributed by atoms with van der Waals surface area (Å²) in [5.41, 5.74) is 2.23. The number of anilines is 1. The van der Waals surface area contributed by atoms with Crippen molar-refractivity contribution < 1.29 is 14.3 Å². The predicted octanol–water partition coefficient (Wildman–Crippen LogP) is 4.48. The number of carbonyl (C=O) groups excluding carboxylic acids is 2. The summed E-state index contributed by atoms with van der Waals surface area (Å²) in [5.74, 6) is 0.351. The standard InChI is InChI=1S/C24H24N2O3/c1-15(17-3-4-19-14-22(29-2)12-7-18(19)13-17)23(27)25-20-8-5-16(6-9-20)24(28)26-21-10-11-21/h3-9,12-15,21H,10-11H2,1-2H3,(H,25,27)(H,26,28). The Labute approximate surface area is 170 Å². The molecule has 5 nitrogen and oxygen atoms in total. The quantitative estimate of drug-likeness (QED) is 0.654. The smallest absolute Gasteiger partial charge is 0.251 e. The van der Waals surface area contributed by atoms with Crippen molar-refractivity contribution in [3.05, 3.63) is 71.8 Å². The lowest BCUT2D eigenvalue weighted by Crippen LogP contribution is -2.25. The molecule has 0 heterocycles. The Balaban J connectivity index is 1.43. The van der Waals surface area contributed by atoms with Crippen LogP contribution < -0.4 is 15.4 Å². The van der Waals surface area contributed by atoms with E-state index in [0.717, 1.165) is 34.9 Å². The summed E-state index contributed by atoms with van der Waals surface area (Å²) in [5, 5.41) is 8.03. The molecule has 0 aromatic heterocycles. The van der Waals surface area contributed by atoms with Gasteiger partial charge in [0.25, 0.3) is 5.91 Å². The van der Waals surface area contributed by atoms with Gasteiger partial charge in [-0.3, -0.25) is 9.59 Å². The second-order valence-electron chi connectivity index (χ2n) is 7.51. The summed E-state index contributed by atoms with van der Waals surface area (Å²) >= 11 is 0. The molecular formula is C24H24N2O3. The van der Waals surface area contributed by atoms with E-state index < -0.39 is 0 Å². The summed E-state index contributed by atoms with van der Waals surface area (Å²) in [6.45, 7) is 1.89. The van der Waals surface area contributed by atoms with E-state index in [4.69, 9.17) is 4.74 Å². The van der Waals surface area contributed by atoms with Gasteiger partial charge < -0.3 is 15.4 Å². The first-order valence-electron chi connectivity index (χ1n) is 9.83. The van der Waals surface area contributed by atoms with E-state index in [2.05, 4.69) is 10.6 Å². The molecule has 1 saturated carbocycles. The number of benzene rings is 3. The average molecular weight is 388 g/mol. The fourth-order valence-corrected chi connectivity index (χ4v) is 3.24. The minimum atomic E-state index is -0.306. The lowest BCUT2D eigenvalue weighted by atomic mass is 9.97. The van der Waals surface area contributed by atoms with Crippen molar-refractivity contribution in [2.45, 2.75) is 31.7 Å². The molecule has 0 bridgehead atoms. The molecule has 2 amide bonds. The molecule has 0 spiro atoms. The number of amides is 2. The molecule has 0 radical (unpaired) electrons. The van der Waals surface area contributed by atoms with E-state index in [1.54, 1.807) is 31.4 Å². The van der Waals surface area contributed by atoms with E-state index >= 15 is 0 Å². The Morgan fingerprint density at radius 3 is 2.34 bits per heavy atom. The molecule has 1 fully saturated rings. The predicted molar refractivity (Wildman–Crippen MR) is 114 cm³/mol. The van der Waals surface area contributed by atoms with Crippen molar-refractivity contribution in [1.29, 1.82) is 0 Å². The van der Waals surface area contributed by atoms with Crippen LogP contribution in [-0.2, 0) is 4.79 Å². The molecule has 5 heteroatoms. The van der Waals surface area contributed by atoms with Gasteiger partial charge in [0.05, 0.1) is 13.0 Å². The Bertz CT molecular complexity index is 1060. The summed E-state index contributed by atoms with van der Waals surface area (Å²) in [7, 11) is 1.65. The third-order valence-electron chi connectivity index (χ3n) is 5.29. The van der Waals surface area contributed by atoms with Crippen LogP contribution in [0.3, 0.4) is 0 Å². The molecule has 1 atom stereocenters. The normalized spacial score (nSPS) is 14.3. The zero-order chi connectivity index (χ0) is 20.4. The van der Waals surface area contributed by atoms with E-state index in [9.17, 15) is 9.59 Å². The second kappa shape index (κ2) is 7.95. The van der Waals surface area contributed by atoms with Crippen LogP contribution >= 0.6 is 0 Å². The highest BCUT2D eigenvalue weighted by Gasteiger charge is 2.23. The zero-order valence-electron chi connectivity index (χ0n) is 16.6. The Hall–Kier alpha value is -3.34. The Morgan fingerprint density at radius 2 is 1.66 bits per heavy atom. The van der Waals surface area contributed by atoms with Gasteiger partial charge in [-0.1, -0.05) is 24.3 Å². The fourth-order valence-electron chi connectivity index (χ4n) is 3.24. The highest BCUT2D eigenvalue weighted by Crippen LogP contribution is 2.26. The molecular weight excluding hydrogens is 364 g/mol. The summed E-state index contributed by atoms with van der Waals surface area (Å²) < 4.78 is 5.26. The summed E-state index contributed by atoms with van der Waals surface area (Å²) in [4.78, 5) is 24.8. The van der Waals surface area contributed by atoms with Gasteiger partial charge in [-0.05, 0) is 72.5 Å². The topological polar surface area (TPSA) is 67.4 Å². The number of carbonyl (C=O) groups is 2. The Morgan fingerprint density at radius 1 is 0.966 bits per heavy atom. The molecule has 1 unspecified atom stereocenters. The molecule has 4 rings (SSSR count). The number of nitrogens with one attached hydrogen (secondary N) is 2. The van der Waals surface area contributed by atoms with Crippen molar-refractivity contribution in [3.8, 4) is 5.75 Å². The first kappa shape index (κ1) is 19.0. The van der Waals surface area contributed by atoms with Crippen molar-refractivity contribution in [2.75, 3.05) is 12.4 Å². The van der Waals surface area contributed by atoms with Gasteiger partial charge in [-0.15, -0.1) is 0 Å². The van der Waals surface area contributed by atoms with E-state index in [1.165, 1.54) is 0 Å². The number of ether oxygens (including phenoxy) is 1. The van der Waals surface area contributed by atoms with Gasteiger partial charge in [0.15, 0.2) is 0 Å². The van der Waals surface area contributed by atoms with Crippen LogP contribution in [0.4, 0.5) is 5.69 Å². The summed E-state index contributed by atoms with van der Waals surface area (Å²) in [6.07, 6.45) is 2.11. The minimum Gasteiger partial charge on any atom is -0.497 e. The minimum absolute atomic E-state index is 0.0634. The number of hydrogen-bond acceptors (Lipinski definition) is 3. The zero-order valence-corrected chi connectivity index (χ0v) is 16.6. The SMILES string of the molecule is COc1ccc2cc(C(C)C(=O)Nc3ccc(C(=O)NC4CC4)cc3)ccc2c1. The number of fused-ring (bicyclic) bond motifs is 1. The maximum Gasteiger partial charge on any atom is 0.251 e. The van der Waals surface area contributed by atoms with Crippen LogP contribution in [-0.4, -0.2) is 25.0 Å². The average Bonchev–Trinajstić information content (AvgIpc) is 3.56. The van der Waals surface area contributed by atoms with Gasteiger partial charge >= 0.3 is 0 Å². The maximum absolute atomic E-state index is 12.7. The number of hydrogen-bond donors (Lipinski definition) is 2. The van der Waals surface area contributed by atoms with Crippen LogP contribution in [0.1, 0.15) is 41.6 Å². The number of methoxy groups -OCH3 is 1. The molecule has 0 saturated heterocycles. The molecule has 1 aliphatic carbocycles. The van der Waals surface area contributed by atoms with E-state index in [1.807, 2.05) is 43.3 Å². The van der Waals surface area contributed by atoms with Crippen molar-refractivity contribution in [2.24, 2.45) is 0 Å². The molecule has 3 aromatic carbocycles. The molecule has 148 valence electrons. The first-order chi connectivity index (χ1) is 14.0. The lowest BCUT2D eigenvalue weighted by molar-refractivity contribution is -0.117. The Kier molecular flexibility index (Phi) is 5.21. The highest BCUT2D eigenvalue weighted by atomic mass is 16.5. The lowest BCUT2D eigenvalue weighted by Gasteiger charge is -2.14. The van der Waals surface area contributed by atoms with Gasteiger partial charge in [0.2, 0.25) is 5.91 Å². The highest BCUT2D eigenvalue weighted by molar-refractivity contribution is 5.98. The molecule has 1 aliphatic rings. The second-order valence-corrected chi connectivity index (χ2v) is 7.51. The first-order valence-corrected chi connectivity index (χ1v) is 9.83. The van der Waals surface area contributed by atoms with Crippen LogP contribution in [0.25, 0.3) is 10.8 Å². The third-order valence-corrected chi connectivity index (χ3v) is 5.29. The van der Waals surface area contributed by atoms with Crippen LogP contribution in [0.2, 0.25) is 0 Å². The van der Waals surface area contributed by atoms with Gasteiger partial charge in [-0.2, -0.15) is 0 Å². The molecule has 29 heavy (non-hydrogen) atoms. The van der Waals surface area contributed by atoms with Gasteiger partial charge in [0.1, 0.15) is 5.75 Å². The van der Waals surface area contributed by atoms with Crippen LogP contribution in [0.15, 0.2) is 60.7 Å². The fraction of sp³-hybridized carbons (Fsp3) is 0.250. The molecule has 3 aromatic rings. The van der Waals surface area contributed by atoms with Crippen LogP contribution in [0, 0.1) is 0 Å². The van der Waals surface area contributed by atoms with Crippen LogP contribution in [0.5, 0.6) is 5.75 Å². The van der Waals surface area contributed by atoms with E-state index in [-0.39, 0.29) is 17.7 Å². The van der Waals surface area contributed by atoms with Crippen molar-refractivity contribution in [3.63, 3.8) is 0 Å². The maximum atomic E-state index is 12.7.